The Balaban J connectivity index is 1.97. The van der Waals surface area contributed by atoms with E-state index in [4.69, 9.17) is 0 Å². The van der Waals surface area contributed by atoms with Gasteiger partial charge in [0.15, 0.2) is 0 Å². The number of nitro groups is 1. The molecule has 0 aliphatic rings. The lowest BCUT2D eigenvalue weighted by Gasteiger charge is -2.10. The van der Waals surface area contributed by atoms with Crippen LogP contribution in [0.1, 0.15) is 28.7 Å². The Morgan fingerprint density at radius 1 is 0.905 bits per heavy atom. The van der Waals surface area contributed by atoms with Crippen molar-refractivity contribution in [2.45, 2.75) is 39.2 Å². The molecule has 2 aromatic carbocycles. The van der Waals surface area contributed by atoms with E-state index in [1.165, 1.54) is 11.1 Å². The molecule has 3 heteroatoms. The third kappa shape index (κ3) is 4.71. The van der Waals surface area contributed by atoms with Crippen LogP contribution in [0.25, 0.3) is 0 Å². The molecule has 2 rings (SSSR count). The monoisotopic (exact) mass is 283 g/mol. The molecule has 0 radical (unpaired) electrons. The minimum absolute atomic E-state index is 0.145. The van der Waals surface area contributed by atoms with Crippen LogP contribution >= 0.6 is 0 Å². The van der Waals surface area contributed by atoms with Gasteiger partial charge in [0, 0.05) is 17.8 Å². The van der Waals surface area contributed by atoms with E-state index in [0.29, 0.717) is 12.8 Å². The van der Waals surface area contributed by atoms with Crippen LogP contribution in [0.5, 0.6) is 0 Å². The average molecular weight is 283 g/mol. The van der Waals surface area contributed by atoms with Gasteiger partial charge in [0.05, 0.1) is 0 Å². The second-order valence-corrected chi connectivity index (χ2v) is 5.65. The standard InChI is InChI=1S/C18H21NO2/c1-14-3-7-16(8-4-14)11-12-18(19(20)21)13-17-9-5-15(2)6-10-17/h3-10,18H,11-13H2,1-2H3. The number of hydrogen-bond acceptors (Lipinski definition) is 2. The first-order chi connectivity index (χ1) is 10.0. The highest BCUT2D eigenvalue weighted by Gasteiger charge is 2.20. The minimum Gasteiger partial charge on any atom is -0.264 e. The molecule has 21 heavy (non-hydrogen) atoms. The van der Waals surface area contributed by atoms with Crippen molar-refractivity contribution in [2.75, 3.05) is 0 Å². The van der Waals surface area contributed by atoms with Crippen LogP contribution < -0.4 is 0 Å². The molecular weight excluding hydrogens is 262 g/mol. The van der Waals surface area contributed by atoms with Crippen molar-refractivity contribution in [1.29, 1.82) is 0 Å². The summed E-state index contributed by atoms with van der Waals surface area (Å²) in [5.74, 6) is 0. The molecule has 3 nitrogen and oxygen atoms in total. The zero-order valence-electron chi connectivity index (χ0n) is 12.6. The largest absolute Gasteiger partial charge is 0.264 e. The van der Waals surface area contributed by atoms with Crippen molar-refractivity contribution in [3.63, 3.8) is 0 Å². The summed E-state index contributed by atoms with van der Waals surface area (Å²) >= 11 is 0. The van der Waals surface area contributed by atoms with E-state index in [1.54, 1.807) is 0 Å². The summed E-state index contributed by atoms with van der Waals surface area (Å²) in [7, 11) is 0. The molecule has 1 atom stereocenters. The lowest BCUT2D eigenvalue weighted by Crippen LogP contribution is -2.23. The van der Waals surface area contributed by atoms with Gasteiger partial charge < -0.3 is 0 Å². The van der Waals surface area contributed by atoms with Crippen LogP contribution in [0.4, 0.5) is 0 Å². The van der Waals surface area contributed by atoms with Crippen molar-refractivity contribution in [3.8, 4) is 0 Å². The van der Waals surface area contributed by atoms with Gasteiger partial charge >= 0.3 is 0 Å². The maximum atomic E-state index is 11.3. The Morgan fingerprint density at radius 3 is 1.86 bits per heavy atom. The number of benzene rings is 2. The van der Waals surface area contributed by atoms with Gasteiger partial charge in [-0.15, -0.1) is 0 Å². The van der Waals surface area contributed by atoms with Crippen molar-refractivity contribution >= 4 is 0 Å². The molecule has 1 unspecified atom stereocenters. The Morgan fingerprint density at radius 2 is 1.38 bits per heavy atom. The molecule has 0 aliphatic carbocycles. The molecule has 0 aromatic heterocycles. The Bertz CT molecular complexity index is 588. The van der Waals surface area contributed by atoms with Gasteiger partial charge in [-0.05, 0) is 31.4 Å². The smallest absolute Gasteiger partial charge is 0.217 e. The number of rotatable bonds is 6. The second kappa shape index (κ2) is 7.02. The highest BCUT2D eigenvalue weighted by molar-refractivity contribution is 5.23. The quantitative estimate of drug-likeness (QED) is 0.591. The molecule has 0 heterocycles. The molecule has 0 saturated carbocycles. The summed E-state index contributed by atoms with van der Waals surface area (Å²) in [4.78, 5) is 11.1. The van der Waals surface area contributed by atoms with Gasteiger partial charge in [-0.25, -0.2) is 0 Å². The van der Waals surface area contributed by atoms with E-state index in [9.17, 15) is 10.1 Å². The lowest BCUT2D eigenvalue weighted by molar-refractivity contribution is -0.523. The third-order valence-corrected chi connectivity index (χ3v) is 3.78. The number of aryl methyl sites for hydroxylation is 3. The zero-order chi connectivity index (χ0) is 15.2. The summed E-state index contributed by atoms with van der Waals surface area (Å²) in [6.45, 7) is 4.06. The van der Waals surface area contributed by atoms with Crippen molar-refractivity contribution < 1.29 is 4.92 Å². The van der Waals surface area contributed by atoms with E-state index < -0.39 is 6.04 Å². The van der Waals surface area contributed by atoms with Crippen molar-refractivity contribution in [1.82, 2.24) is 0 Å². The summed E-state index contributed by atoms with van der Waals surface area (Å²) in [6.07, 6.45) is 1.82. The van der Waals surface area contributed by atoms with Crippen LogP contribution in [0, 0.1) is 24.0 Å². The molecule has 0 N–H and O–H groups in total. The fraction of sp³-hybridized carbons (Fsp3) is 0.333. The predicted octanol–water partition coefficient (Wildman–Crippen LogP) is 4.12. The first kappa shape index (κ1) is 15.2. The van der Waals surface area contributed by atoms with Crippen molar-refractivity contribution in [2.24, 2.45) is 0 Å². The van der Waals surface area contributed by atoms with Gasteiger partial charge in [0.25, 0.3) is 0 Å². The summed E-state index contributed by atoms with van der Waals surface area (Å²) in [6, 6.07) is 15.7. The summed E-state index contributed by atoms with van der Waals surface area (Å²) in [5, 5.41) is 11.3. The zero-order valence-corrected chi connectivity index (χ0v) is 12.6. The van der Waals surface area contributed by atoms with E-state index in [0.717, 1.165) is 17.5 Å². The van der Waals surface area contributed by atoms with Gasteiger partial charge in [0.1, 0.15) is 0 Å². The lowest BCUT2D eigenvalue weighted by atomic mass is 9.98. The molecule has 0 amide bonds. The average Bonchev–Trinajstić information content (AvgIpc) is 2.47. The number of hydrogen-bond donors (Lipinski definition) is 0. The maximum absolute atomic E-state index is 11.3. The Hall–Kier alpha value is -2.16. The molecule has 0 aliphatic heterocycles. The summed E-state index contributed by atoms with van der Waals surface area (Å²) in [5.41, 5.74) is 4.59. The topological polar surface area (TPSA) is 43.1 Å². The molecule has 2 aromatic rings. The molecule has 110 valence electrons. The van der Waals surface area contributed by atoms with E-state index in [-0.39, 0.29) is 4.92 Å². The number of nitrogens with zero attached hydrogens (tertiary/aromatic N) is 1. The Kier molecular flexibility index (Phi) is 5.09. The molecule has 0 fully saturated rings. The van der Waals surface area contributed by atoms with Crippen molar-refractivity contribution in [3.05, 3.63) is 80.9 Å². The first-order valence-electron chi connectivity index (χ1n) is 7.29. The minimum atomic E-state index is -0.519. The molecule has 0 spiro atoms. The van der Waals surface area contributed by atoms with Crippen LogP contribution in [0.3, 0.4) is 0 Å². The SMILES string of the molecule is Cc1ccc(CCC(Cc2ccc(C)cc2)[N+](=O)[O-])cc1. The van der Waals surface area contributed by atoms with Gasteiger partial charge in [0.2, 0.25) is 6.04 Å². The van der Waals surface area contributed by atoms with Crippen LogP contribution in [0.15, 0.2) is 48.5 Å². The fourth-order valence-corrected chi connectivity index (χ4v) is 2.37. The van der Waals surface area contributed by atoms with E-state index >= 15 is 0 Å². The first-order valence-corrected chi connectivity index (χ1v) is 7.29. The van der Waals surface area contributed by atoms with Crippen LogP contribution in [0.2, 0.25) is 0 Å². The Labute approximate surface area is 125 Å². The molecule has 0 bridgehead atoms. The maximum Gasteiger partial charge on any atom is 0.217 e. The highest BCUT2D eigenvalue weighted by atomic mass is 16.6. The van der Waals surface area contributed by atoms with Gasteiger partial charge in [-0.2, -0.15) is 0 Å². The van der Waals surface area contributed by atoms with E-state index in [2.05, 4.69) is 24.3 Å². The second-order valence-electron chi connectivity index (χ2n) is 5.65. The molecule has 0 saturated heterocycles. The third-order valence-electron chi connectivity index (χ3n) is 3.78. The normalized spacial score (nSPS) is 12.1. The van der Waals surface area contributed by atoms with Gasteiger partial charge in [-0.3, -0.25) is 10.1 Å². The summed E-state index contributed by atoms with van der Waals surface area (Å²) < 4.78 is 0. The fourth-order valence-electron chi connectivity index (χ4n) is 2.37. The molecular formula is C18H21NO2. The van der Waals surface area contributed by atoms with Gasteiger partial charge in [-0.1, -0.05) is 59.7 Å². The van der Waals surface area contributed by atoms with Crippen LogP contribution in [-0.4, -0.2) is 11.0 Å². The highest BCUT2D eigenvalue weighted by Crippen LogP contribution is 2.14. The van der Waals surface area contributed by atoms with E-state index in [1.807, 2.05) is 38.1 Å². The predicted molar refractivity (Wildman–Crippen MR) is 85.2 cm³/mol. The van der Waals surface area contributed by atoms with Crippen LogP contribution in [-0.2, 0) is 12.8 Å².